The molecule has 3 aromatic carbocycles. The Kier molecular flexibility index (Phi) is 7.67. The van der Waals surface area contributed by atoms with E-state index in [0.29, 0.717) is 18.1 Å². The van der Waals surface area contributed by atoms with Crippen LogP contribution in [0.1, 0.15) is 68.1 Å². The normalized spacial score (nSPS) is 18.8. The highest BCUT2D eigenvalue weighted by atomic mass is 19.4. The Hall–Kier alpha value is -2.96. The topological polar surface area (TPSA) is 9.23 Å². The summed E-state index contributed by atoms with van der Waals surface area (Å²) in [6.07, 6.45) is -1.74. The van der Waals surface area contributed by atoms with Crippen molar-refractivity contribution in [1.29, 1.82) is 0 Å². The zero-order chi connectivity index (χ0) is 25.9. The molecular formula is C29H28F6O. The molecule has 4 rings (SSSR count). The van der Waals surface area contributed by atoms with Crippen LogP contribution >= 0.6 is 0 Å². The van der Waals surface area contributed by atoms with Crippen LogP contribution in [-0.2, 0) is 12.3 Å². The van der Waals surface area contributed by atoms with E-state index in [2.05, 4.69) is 6.92 Å². The third-order valence-corrected chi connectivity index (χ3v) is 6.97. The van der Waals surface area contributed by atoms with Gasteiger partial charge in [-0.05, 0) is 79.0 Å². The number of benzene rings is 3. The molecule has 0 heterocycles. The summed E-state index contributed by atoms with van der Waals surface area (Å²) in [5.41, 5.74) is -0.662. The molecule has 192 valence electrons. The zero-order valence-electron chi connectivity index (χ0n) is 19.9. The first kappa shape index (κ1) is 26.1. The standard InChI is InChI=1S/C29H28F6O/c1-2-5-19-8-10-20(11-9-19)21-12-15-23(16-13-21)29(34,35)36-27-7-4-3-6-24(27)22-14-17-25(26(30)18-22)28(31,32)33/h3-4,6-7,12-20H,2,5,8-11H2,1H3/t19-,20-. The van der Waals surface area contributed by atoms with E-state index < -0.39 is 23.7 Å². The summed E-state index contributed by atoms with van der Waals surface area (Å²) < 4.78 is 88.1. The molecule has 0 bridgehead atoms. The molecule has 0 unspecified atom stereocenters. The first-order valence-electron chi connectivity index (χ1n) is 12.2. The van der Waals surface area contributed by atoms with E-state index in [0.717, 1.165) is 43.2 Å². The van der Waals surface area contributed by atoms with Crippen molar-refractivity contribution < 1.29 is 31.1 Å². The van der Waals surface area contributed by atoms with Crippen molar-refractivity contribution in [3.63, 3.8) is 0 Å². The van der Waals surface area contributed by atoms with Crippen molar-refractivity contribution in [2.45, 2.75) is 63.7 Å². The van der Waals surface area contributed by atoms with E-state index in [1.807, 2.05) is 0 Å². The number of rotatable bonds is 7. The first-order chi connectivity index (χ1) is 17.1. The van der Waals surface area contributed by atoms with E-state index in [-0.39, 0.29) is 22.4 Å². The molecule has 7 heteroatoms. The van der Waals surface area contributed by atoms with Gasteiger partial charge in [0.05, 0.1) is 11.1 Å². The predicted molar refractivity (Wildman–Crippen MR) is 127 cm³/mol. The second kappa shape index (κ2) is 10.6. The van der Waals surface area contributed by atoms with Gasteiger partial charge >= 0.3 is 12.3 Å². The summed E-state index contributed by atoms with van der Waals surface area (Å²) in [7, 11) is 0. The summed E-state index contributed by atoms with van der Waals surface area (Å²) in [6.45, 7) is 2.19. The molecule has 1 aliphatic rings. The quantitative estimate of drug-likeness (QED) is 0.290. The van der Waals surface area contributed by atoms with Gasteiger partial charge < -0.3 is 4.74 Å². The summed E-state index contributed by atoms with van der Waals surface area (Å²) in [6, 6.07) is 14.1. The molecule has 36 heavy (non-hydrogen) atoms. The van der Waals surface area contributed by atoms with E-state index in [9.17, 15) is 17.6 Å². The second-order valence-corrected chi connectivity index (χ2v) is 9.44. The highest BCUT2D eigenvalue weighted by molar-refractivity contribution is 5.70. The second-order valence-electron chi connectivity index (χ2n) is 9.44. The summed E-state index contributed by atoms with van der Waals surface area (Å²) in [4.78, 5) is 0. The van der Waals surface area contributed by atoms with Crippen molar-refractivity contribution in [1.82, 2.24) is 0 Å². The first-order valence-corrected chi connectivity index (χ1v) is 12.2. The zero-order valence-corrected chi connectivity index (χ0v) is 19.9. The largest absolute Gasteiger partial charge is 0.428 e. The van der Waals surface area contributed by atoms with Crippen molar-refractivity contribution in [3.8, 4) is 16.9 Å². The summed E-state index contributed by atoms with van der Waals surface area (Å²) >= 11 is 0. The van der Waals surface area contributed by atoms with Crippen molar-refractivity contribution in [3.05, 3.63) is 89.2 Å². The Balaban J connectivity index is 1.52. The van der Waals surface area contributed by atoms with Crippen LogP contribution in [-0.4, -0.2) is 0 Å². The van der Waals surface area contributed by atoms with Crippen LogP contribution in [0.3, 0.4) is 0 Å². The van der Waals surface area contributed by atoms with Gasteiger partial charge in [-0.3, -0.25) is 0 Å². The minimum absolute atomic E-state index is 0.000855. The lowest BCUT2D eigenvalue weighted by Gasteiger charge is -2.29. The molecule has 1 aliphatic carbocycles. The maximum Gasteiger partial charge on any atom is 0.426 e. The number of hydrogen-bond donors (Lipinski definition) is 0. The number of hydrogen-bond acceptors (Lipinski definition) is 1. The van der Waals surface area contributed by atoms with Gasteiger partial charge in [-0.2, -0.15) is 22.0 Å². The van der Waals surface area contributed by atoms with Crippen LogP contribution in [0.2, 0.25) is 0 Å². The lowest BCUT2D eigenvalue weighted by molar-refractivity contribution is -0.185. The van der Waals surface area contributed by atoms with E-state index in [4.69, 9.17) is 4.74 Å². The third-order valence-electron chi connectivity index (χ3n) is 6.97. The van der Waals surface area contributed by atoms with Gasteiger partial charge in [-0.1, -0.05) is 56.2 Å². The number of ether oxygens (including phenoxy) is 1. The molecule has 0 aromatic heterocycles. The molecule has 1 saturated carbocycles. The Morgan fingerprint density at radius 2 is 1.50 bits per heavy atom. The van der Waals surface area contributed by atoms with Crippen LogP contribution in [0.5, 0.6) is 5.75 Å². The molecule has 0 saturated heterocycles. The fourth-order valence-electron chi connectivity index (χ4n) is 5.05. The van der Waals surface area contributed by atoms with E-state index >= 15 is 8.78 Å². The van der Waals surface area contributed by atoms with Crippen LogP contribution in [0.15, 0.2) is 66.7 Å². The van der Waals surface area contributed by atoms with Crippen LogP contribution in [0.4, 0.5) is 26.3 Å². The van der Waals surface area contributed by atoms with Gasteiger partial charge in [-0.15, -0.1) is 0 Å². The fraction of sp³-hybridized carbons (Fsp3) is 0.379. The van der Waals surface area contributed by atoms with E-state index in [1.165, 1.54) is 49.2 Å². The molecule has 0 amide bonds. The fourth-order valence-corrected chi connectivity index (χ4v) is 5.05. The summed E-state index contributed by atoms with van der Waals surface area (Å²) in [5, 5.41) is 0. The minimum atomic E-state index is -4.85. The average molecular weight is 507 g/mol. The molecule has 3 aromatic rings. The number of alkyl halides is 5. The van der Waals surface area contributed by atoms with Crippen LogP contribution in [0.25, 0.3) is 11.1 Å². The van der Waals surface area contributed by atoms with Gasteiger partial charge in [0.25, 0.3) is 0 Å². The van der Waals surface area contributed by atoms with Gasteiger partial charge in [0, 0.05) is 5.56 Å². The highest BCUT2D eigenvalue weighted by Crippen LogP contribution is 2.41. The number of halogens is 6. The summed E-state index contributed by atoms with van der Waals surface area (Å²) in [5.74, 6) is -0.640. The van der Waals surface area contributed by atoms with Crippen molar-refractivity contribution in [2.24, 2.45) is 5.92 Å². The average Bonchev–Trinajstić information content (AvgIpc) is 2.84. The van der Waals surface area contributed by atoms with E-state index in [1.54, 1.807) is 12.1 Å². The van der Waals surface area contributed by atoms with Gasteiger partial charge in [-0.25, -0.2) is 4.39 Å². The lowest BCUT2D eigenvalue weighted by Crippen LogP contribution is -2.22. The highest BCUT2D eigenvalue weighted by Gasteiger charge is 2.36. The van der Waals surface area contributed by atoms with Crippen molar-refractivity contribution in [2.75, 3.05) is 0 Å². The Morgan fingerprint density at radius 3 is 2.11 bits per heavy atom. The number of para-hydroxylation sites is 1. The monoisotopic (exact) mass is 506 g/mol. The molecule has 0 spiro atoms. The van der Waals surface area contributed by atoms with Gasteiger partial charge in [0.1, 0.15) is 11.6 Å². The SMILES string of the molecule is CCC[C@H]1CC[C@H](c2ccc(C(F)(F)Oc3ccccc3-c3ccc(C(F)(F)F)c(F)c3)cc2)CC1. The molecule has 0 N–H and O–H groups in total. The Morgan fingerprint density at radius 1 is 0.833 bits per heavy atom. The maximum absolute atomic E-state index is 15.1. The lowest BCUT2D eigenvalue weighted by atomic mass is 9.77. The Bertz CT molecular complexity index is 1160. The van der Waals surface area contributed by atoms with Crippen LogP contribution in [0, 0.1) is 11.7 Å². The molecule has 0 atom stereocenters. The smallest absolute Gasteiger partial charge is 0.426 e. The molecule has 0 radical (unpaired) electrons. The minimum Gasteiger partial charge on any atom is -0.428 e. The van der Waals surface area contributed by atoms with Crippen LogP contribution < -0.4 is 4.74 Å². The third kappa shape index (κ3) is 5.88. The molecule has 1 nitrogen and oxygen atoms in total. The predicted octanol–water partition coefficient (Wildman–Crippen LogP) is 9.71. The molecular weight excluding hydrogens is 478 g/mol. The molecule has 1 fully saturated rings. The molecule has 0 aliphatic heterocycles. The van der Waals surface area contributed by atoms with Gasteiger partial charge in [0.2, 0.25) is 0 Å². The van der Waals surface area contributed by atoms with Gasteiger partial charge in [0.15, 0.2) is 0 Å². The van der Waals surface area contributed by atoms with Crippen molar-refractivity contribution >= 4 is 0 Å². The maximum atomic E-state index is 15.1. The Labute approximate surface area is 207 Å².